The summed E-state index contributed by atoms with van der Waals surface area (Å²) < 4.78 is 0. The van der Waals surface area contributed by atoms with Crippen molar-refractivity contribution in [2.75, 3.05) is 6.61 Å². The van der Waals surface area contributed by atoms with Gasteiger partial charge in [0.2, 0.25) is 0 Å². The Labute approximate surface area is 108 Å². The van der Waals surface area contributed by atoms with Crippen LogP contribution in [0.25, 0.3) is 0 Å². The van der Waals surface area contributed by atoms with E-state index in [4.69, 9.17) is 16.7 Å². The molecule has 1 fully saturated rings. The molecule has 6 nitrogen and oxygen atoms in total. The first-order valence-electron chi connectivity index (χ1n) is 5.34. The summed E-state index contributed by atoms with van der Waals surface area (Å²) in [5.74, 6) is -0.466. The van der Waals surface area contributed by atoms with Crippen LogP contribution in [0.4, 0.5) is 5.69 Å². The number of nitrogens with one attached hydrogen (secondary N) is 1. The van der Waals surface area contributed by atoms with Crippen molar-refractivity contribution in [1.82, 2.24) is 5.32 Å². The molecule has 1 aromatic carbocycles. The Kier molecular flexibility index (Phi) is 3.23. The Hall–Kier alpha value is -1.66. The van der Waals surface area contributed by atoms with Crippen LogP contribution in [0.15, 0.2) is 18.2 Å². The highest BCUT2D eigenvalue weighted by molar-refractivity contribution is 6.31. The van der Waals surface area contributed by atoms with Gasteiger partial charge in [-0.3, -0.25) is 14.9 Å². The number of nitrogens with zero attached hydrogens (tertiary/aromatic N) is 1. The van der Waals surface area contributed by atoms with Crippen LogP contribution in [0.3, 0.4) is 0 Å². The zero-order valence-corrected chi connectivity index (χ0v) is 10.1. The third kappa shape index (κ3) is 2.60. The lowest BCUT2D eigenvalue weighted by atomic mass is 10.1. The smallest absolute Gasteiger partial charge is 0.271 e. The predicted molar refractivity (Wildman–Crippen MR) is 64.6 cm³/mol. The average molecular weight is 271 g/mol. The van der Waals surface area contributed by atoms with Gasteiger partial charge < -0.3 is 10.4 Å². The van der Waals surface area contributed by atoms with Crippen LogP contribution in [-0.4, -0.2) is 28.1 Å². The van der Waals surface area contributed by atoms with Crippen LogP contribution in [0.5, 0.6) is 0 Å². The van der Waals surface area contributed by atoms with E-state index in [1.807, 2.05) is 0 Å². The quantitative estimate of drug-likeness (QED) is 0.640. The topological polar surface area (TPSA) is 92.5 Å². The number of amides is 1. The number of hydrogen-bond acceptors (Lipinski definition) is 4. The third-order valence-corrected chi connectivity index (χ3v) is 3.11. The summed E-state index contributed by atoms with van der Waals surface area (Å²) in [7, 11) is 0. The molecule has 2 rings (SSSR count). The molecule has 0 spiro atoms. The van der Waals surface area contributed by atoms with Crippen LogP contribution in [0.1, 0.15) is 23.2 Å². The molecule has 1 amide bonds. The predicted octanol–water partition coefficient (Wildman–Crippen LogP) is 1.50. The standard InChI is InChI=1S/C11H11ClN2O4/c12-8-3-7(4-9(5-8)14(17)18)10(16)13-11(6-15)1-2-11/h3-5,15H,1-2,6H2,(H,13,16). The van der Waals surface area contributed by atoms with Gasteiger partial charge in [0.1, 0.15) is 0 Å². The zero-order chi connectivity index (χ0) is 13.3. The number of aliphatic hydroxyl groups excluding tert-OH is 1. The zero-order valence-electron chi connectivity index (χ0n) is 9.35. The number of carbonyl (C=O) groups is 1. The Bertz CT molecular complexity index is 514. The molecule has 0 heterocycles. The van der Waals surface area contributed by atoms with Crippen molar-refractivity contribution in [1.29, 1.82) is 0 Å². The largest absolute Gasteiger partial charge is 0.394 e. The molecule has 1 aromatic rings. The molecule has 0 saturated heterocycles. The minimum Gasteiger partial charge on any atom is -0.394 e. The fourth-order valence-electron chi connectivity index (χ4n) is 1.60. The summed E-state index contributed by atoms with van der Waals surface area (Å²) in [5, 5.41) is 22.5. The highest BCUT2D eigenvalue weighted by Gasteiger charge is 2.43. The van der Waals surface area contributed by atoms with Crippen molar-refractivity contribution in [2.24, 2.45) is 0 Å². The number of non-ortho nitro benzene ring substituents is 1. The Morgan fingerprint density at radius 1 is 1.50 bits per heavy atom. The van der Waals surface area contributed by atoms with Gasteiger partial charge in [0.05, 0.1) is 17.1 Å². The van der Waals surface area contributed by atoms with E-state index < -0.39 is 16.4 Å². The van der Waals surface area contributed by atoms with Gasteiger partial charge in [-0.05, 0) is 18.9 Å². The number of nitro benzene ring substituents is 1. The van der Waals surface area contributed by atoms with Crippen molar-refractivity contribution >= 4 is 23.2 Å². The van der Waals surface area contributed by atoms with E-state index in [1.165, 1.54) is 12.1 Å². The van der Waals surface area contributed by atoms with Crippen LogP contribution in [-0.2, 0) is 0 Å². The summed E-state index contributed by atoms with van der Waals surface area (Å²) in [6.45, 7) is -0.138. The minimum absolute atomic E-state index is 0.119. The maximum absolute atomic E-state index is 11.9. The molecule has 1 saturated carbocycles. The van der Waals surface area contributed by atoms with Gasteiger partial charge in [-0.25, -0.2) is 0 Å². The molecule has 0 aliphatic heterocycles. The first-order valence-corrected chi connectivity index (χ1v) is 5.72. The maximum Gasteiger partial charge on any atom is 0.271 e. The molecule has 7 heteroatoms. The van der Waals surface area contributed by atoms with Crippen molar-refractivity contribution in [3.05, 3.63) is 38.9 Å². The number of carbonyl (C=O) groups excluding carboxylic acids is 1. The second-order valence-electron chi connectivity index (χ2n) is 4.35. The molecule has 0 radical (unpaired) electrons. The molecular weight excluding hydrogens is 260 g/mol. The molecule has 0 aromatic heterocycles. The molecule has 0 atom stereocenters. The van der Waals surface area contributed by atoms with Gasteiger partial charge in [0, 0.05) is 22.7 Å². The molecule has 1 aliphatic rings. The SMILES string of the molecule is O=C(NC1(CO)CC1)c1cc(Cl)cc([N+](=O)[O-])c1. The fourth-order valence-corrected chi connectivity index (χ4v) is 1.83. The van der Waals surface area contributed by atoms with Gasteiger partial charge in [0.15, 0.2) is 0 Å². The molecule has 18 heavy (non-hydrogen) atoms. The number of benzene rings is 1. The van der Waals surface area contributed by atoms with Gasteiger partial charge in [-0.1, -0.05) is 11.6 Å². The minimum atomic E-state index is -0.610. The number of halogens is 1. The molecule has 1 aliphatic carbocycles. The normalized spacial score (nSPS) is 16.1. The summed E-state index contributed by atoms with van der Waals surface area (Å²) in [4.78, 5) is 21.9. The van der Waals surface area contributed by atoms with Crippen molar-refractivity contribution in [3.8, 4) is 0 Å². The van der Waals surface area contributed by atoms with Gasteiger partial charge in [-0.2, -0.15) is 0 Å². The lowest BCUT2D eigenvalue weighted by Gasteiger charge is -2.14. The average Bonchev–Trinajstić information content (AvgIpc) is 3.08. The van der Waals surface area contributed by atoms with E-state index >= 15 is 0 Å². The monoisotopic (exact) mass is 270 g/mol. The lowest BCUT2D eigenvalue weighted by molar-refractivity contribution is -0.384. The van der Waals surface area contributed by atoms with Crippen LogP contribution >= 0.6 is 11.6 Å². The molecule has 96 valence electrons. The third-order valence-electron chi connectivity index (χ3n) is 2.89. The Morgan fingerprint density at radius 3 is 2.67 bits per heavy atom. The van der Waals surface area contributed by atoms with Gasteiger partial charge in [-0.15, -0.1) is 0 Å². The fraction of sp³-hybridized carbons (Fsp3) is 0.364. The van der Waals surface area contributed by atoms with Gasteiger partial charge in [0.25, 0.3) is 11.6 Å². The Morgan fingerprint density at radius 2 is 2.17 bits per heavy atom. The second-order valence-corrected chi connectivity index (χ2v) is 4.78. The highest BCUT2D eigenvalue weighted by Crippen LogP contribution is 2.35. The van der Waals surface area contributed by atoms with Gasteiger partial charge >= 0.3 is 0 Å². The van der Waals surface area contributed by atoms with E-state index in [9.17, 15) is 14.9 Å². The maximum atomic E-state index is 11.9. The Balaban J connectivity index is 2.22. The van der Waals surface area contributed by atoms with Crippen LogP contribution in [0.2, 0.25) is 5.02 Å². The van der Waals surface area contributed by atoms with E-state index in [-0.39, 0.29) is 22.9 Å². The van der Waals surface area contributed by atoms with Crippen molar-refractivity contribution in [2.45, 2.75) is 18.4 Å². The number of rotatable bonds is 4. The van der Waals surface area contributed by atoms with E-state index in [0.29, 0.717) is 12.8 Å². The molecule has 0 unspecified atom stereocenters. The summed E-state index contributed by atoms with van der Waals surface area (Å²) in [6, 6.07) is 3.70. The van der Waals surface area contributed by atoms with Crippen LogP contribution < -0.4 is 5.32 Å². The van der Waals surface area contributed by atoms with Crippen molar-refractivity contribution < 1.29 is 14.8 Å². The molecule has 2 N–H and O–H groups in total. The summed E-state index contributed by atoms with van der Waals surface area (Å²) in [6.07, 6.45) is 1.41. The van der Waals surface area contributed by atoms with Crippen molar-refractivity contribution in [3.63, 3.8) is 0 Å². The number of nitro groups is 1. The summed E-state index contributed by atoms with van der Waals surface area (Å²) in [5.41, 5.74) is -0.677. The van der Waals surface area contributed by atoms with E-state index in [0.717, 1.165) is 6.07 Å². The number of hydrogen-bond donors (Lipinski definition) is 2. The molecule has 0 bridgehead atoms. The second kappa shape index (κ2) is 4.55. The number of aliphatic hydroxyl groups is 1. The van der Waals surface area contributed by atoms with Crippen LogP contribution in [0, 0.1) is 10.1 Å². The van der Waals surface area contributed by atoms with E-state index in [1.54, 1.807) is 0 Å². The highest BCUT2D eigenvalue weighted by atomic mass is 35.5. The van der Waals surface area contributed by atoms with E-state index in [2.05, 4.69) is 5.32 Å². The first kappa shape index (κ1) is 12.8. The first-order chi connectivity index (χ1) is 8.46. The summed E-state index contributed by atoms with van der Waals surface area (Å²) >= 11 is 5.73. The molecular formula is C11H11ClN2O4. The lowest BCUT2D eigenvalue weighted by Crippen LogP contribution is -2.39.